The van der Waals surface area contributed by atoms with Gasteiger partial charge in [0, 0.05) is 43.9 Å². The molecule has 0 spiro atoms. The number of nitrogens with one attached hydrogen (secondary N) is 3. The number of aromatic nitrogens is 2. The molecule has 1 aromatic carbocycles. The Hall–Kier alpha value is -3.27. The first-order valence-electron chi connectivity index (χ1n) is 15.4. The molecule has 0 saturated carbocycles. The Morgan fingerprint density at radius 1 is 1.16 bits per heavy atom. The van der Waals surface area contributed by atoms with E-state index in [0.29, 0.717) is 38.3 Å². The van der Waals surface area contributed by atoms with Gasteiger partial charge < -0.3 is 50.2 Å². The summed E-state index contributed by atoms with van der Waals surface area (Å²) in [5.74, 6) is 0.333. The SMILES string of the molecule is Cc1cc(OCCNC(=O)C(C)(C)C(=O)N2CCNCC2)ccc1Cc1c(O[C@@H]2O[C@H](CO)[C@@H](O)[C@H](O)[C@H]2O)n[nH]c1C(C)C. The highest BCUT2D eigenvalue weighted by Crippen LogP contribution is 2.32. The molecule has 5 atom stereocenters. The lowest BCUT2D eigenvalue weighted by atomic mass is 9.90. The van der Waals surface area contributed by atoms with Gasteiger partial charge in [0.2, 0.25) is 24.0 Å². The zero-order chi connectivity index (χ0) is 32.9. The minimum absolute atomic E-state index is 0.0647. The van der Waals surface area contributed by atoms with Crippen LogP contribution in [-0.4, -0.2) is 124 Å². The van der Waals surface area contributed by atoms with E-state index in [4.69, 9.17) is 14.2 Å². The molecule has 45 heavy (non-hydrogen) atoms. The van der Waals surface area contributed by atoms with Crippen LogP contribution in [0.25, 0.3) is 0 Å². The summed E-state index contributed by atoms with van der Waals surface area (Å²) < 4.78 is 17.3. The molecule has 0 radical (unpaired) electrons. The van der Waals surface area contributed by atoms with Crippen LogP contribution < -0.4 is 20.1 Å². The van der Waals surface area contributed by atoms with Crippen molar-refractivity contribution in [3.63, 3.8) is 0 Å². The fraction of sp³-hybridized carbons (Fsp3) is 0.645. The van der Waals surface area contributed by atoms with Crippen molar-refractivity contribution < 1.29 is 44.2 Å². The molecule has 2 saturated heterocycles. The third kappa shape index (κ3) is 7.94. The van der Waals surface area contributed by atoms with Gasteiger partial charge in [0.05, 0.1) is 13.2 Å². The van der Waals surface area contributed by atoms with Crippen molar-refractivity contribution in [2.24, 2.45) is 5.41 Å². The number of piperazine rings is 1. The second-order valence-corrected chi connectivity index (χ2v) is 12.4. The maximum absolute atomic E-state index is 12.9. The lowest BCUT2D eigenvalue weighted by Crippen LogP contribution is -2.60. The third-order valence-electron chi connectivity index (χ3n) is 8.36. The fourth-order valence-corrected chi connectivity index (χ4v) is 5.44. The molecule has 0 aliphatic carbocycles. The molecule has 0 unspecified atom stereocenters. The second-order valence-electron chi connectivity index (χ2n) is 12.4. The Bertz CT molecular complexity index is 1310. The number of amides is 2. The van der Waals surface area contributed by atoms with Crippen molar-refractivity contribution >= 4 is 11.8 Å². The zero-order valence-electron chi connectivity index (χ0n) is 26.6. The second kappa shape index (κ2) is 14.9. The van der Waals surface area contributed by atoms with Crippen molar-refractivity contribution in [1.82, 2.24) is 25.7 Å². The number of hydrogen-bond acceptors (Lipinski definition) is 11. The molecule has 2 amide bonds. The molecule has 14 nitrogen and oxygen atoms in total. The molecule has 250 valence electrons. The van der Waals surface area contributed by atoms with Crippen molar-refractivity contribution in [2.45, 2.75) is 77.7 Å². The van der Waals surface area contributed by atoms with E-state index >= 15 is 0 Å². The van der Waals surface area contributed by atoms with Gasteiger partial charge in [-0.05, 0) is 49.9 Å². The molecule has 0 bridgehead atoms. The number of carbonyl (C=O) groups is 2. The molecule has 7 N–H and O–H groups in total. The molecule has 2 aliphatic rings. The van der Waals surface area contributed by atoms with Crippen LogP contribution in [0.5, 0.6) is 11.6 Å². The summed E-state index contributed by atoms with van der Waals surface area (Å²) in [4.78, 5) is 27.4. The number of aliphatic hydroxyl groups excluding tert-OH is 4. The van der Waals surface area contributed by atoms with E-state index < -0.39 is 42.7 Å². The number of aromatic amines is 1. The smallest absolute Gasteiger partial charge is 0.238 e. The first kappa shape index (κ1) is 34.6. The number of ether oxygens (including phenoxy) is 3. The Kier molecular flexibility index (Phi) is 11.4. The molecule has 3 heterocycles. The quantitative estimate of drug-likeness (QED) is 0.118. The molecular formula is C31H47N5O9. The molecule has 14 heteroatoms. The standard InChI is InChI=1S/C31H47N5O9/c1-17(2)23-21(27(35-34-23)45-28-26(40)25(39)24(38)22(16-37)44-28)15-19-6-7-20(14-18(19)3)43-13-10-33-29(41)31(4,5)30(42)36-11-8-32-9-12-36/h6-7,14,17,22,24-26,28,32,37-40H,8-13,15-16H2,1-5H3,(H,33,41)(H,34,35)/t22-,24-,25+,26-,28+/m1/s1. The van der Waals surface area contributed by atoms with E-state index in [0.717, 1.165) is 22.4 Å². The predicted octanol–water partition coefficient (Wildman–Crippen LogP) is -0.436. The van der Waals surface area contributed by atoms with Gasteiger partial charge in [-0.25, -0.2) is 0 Å². The van der Waals surface area contributed by atoms with Crippen LogP contribution in [0.4, 0.5) is 0 Å². The van der Waals surface area contributed by atoms with Crippen LogP contribution in [0.2, 0.25) is 0 Å². The Morgan fingerprint density at radius 3 is 2.51 bits per heavy atom. The normalized spacial score (nSPS) is 24.0. The number of aliphatic hydroxyl groups is 4. The maximum atomic E-state index is 12.9. The van der Waals surface area contributed by atoms with Crippen molar-refractivity contribution in [3.8, 4) is 11.6 Å². The van der Waals surface area contributed by atoms with Gasteiger partial charge in [0.1, 0.15) is 42.2 Å². The first-order chi connectivity index (χ1) is 21.3. The van der Waals surface area contributed by atoms with Crippen molar-refractivity contribution in [2.75, 3.05) is 45.9 Å². The highest BCUT2D eigenvalue weighted by atomic mass is 16.7. The monoisotopic (exact) mass is 633 g/mol. The maximum Gasteiger partial charge on any atom is 0.238 e. The molecule has 1 aromatic heterocycles. The average molecular weight is 634 g/mol. The lowest BCUT2D eigenvalue weighted by molar-refractivity contribution is -0.278. The van der Waals surface area contributed by atoms with Crippen LogP contribution in [0.1, 0.15) is 56.0 Å². The number of aryl methyl sites for hydroxylation is 1. The van der Waals surface area contributed by atoms with Gasteiger partial charge >= 0.3 is 0 Å². The van der Waals surface area contributed by atoms with E-state index in [-0.39, 0.29) is 36.8 Å². The number of H-pyrrole nitrogens is 1. The summed E-state index contributed by atoms with van der Waals surface area (Å²) in [6, 6.07) is 5.64. The summed E-state index contributed by atoms with van der Waals surface area (Å²) in [5.41, 5.74) is 2.28. The minimum atomic E-state index is -1.57. The lowest BCUT2D eigenvalue weighted by Gasteiger charge is -2.39. The highest BCUT2D eigenvalue weighted by Gasteiger charge is 2.45. The highest BCUT2D eigenvalue weighted by molar-refractivity contribution is 6.04. The van der Waals surface area contributed by atoms with E-state index in [9.17, 15) is 30.0 Å². The summed E-state index contributed by atoms with van der Waals surface area (Å²) in [5, 5.41) is 53.5. The van der Waals surface area contributed by atoms with Crippen LogP contribution >= 0.6 is 0 Å². The van der Waals surface area contributed by atoms with E-state index in [1.165, 1.54) is 0 Å². The minimum Gasteiger partial charge on any atom is -0.492 e. The number of nitrogens with zero attached hydrogens (tertiary/aromatic N) is 2. The molecule has 2 fully saturated rings. The van der Waals surface area contributed by atoms with Crippen LogP contribution in [0.15, 0.2) is 18.2 Å². The van der Waals surface area contributed by atoms with Gasteiger partial charge in [-0.1, -0.05) is 19.9 Å². The van der Waals surface area contributed by atoms with Crippen molar-refractivity contribution in [3.05, 3.63) is 40.6 Å². The van der Waals surface area contributed by atoms with Gasteiger partial charge in [0.15, 0.2) is 0 Å². The van der Waals surface area contributed by atoms with E-state index in [2.05, 4.69) is 20.8 Å². The fourth-order valence-electron chi connectivity index (χ4n) is 5.44. The van der Waals surface area contributed by atoms with Gasteiger partial charge in [-0.15, -0.1) is 5.10 Å². The van der Waals surface area contributed by atoms with E-state index in [1.54, 1.807) is 18.7 Å². The first-order valence-corrected chi connectivity index (χ1v) is 15.4. The van der Waals surface area contributed by atoms with E-state index in [1.807, 2.05) is 39.0 Å². The third-order valence-corrected chi connectivity index (χ3v) is 8.36. The molecule has 2 aromatic rings. The largest absolute Gasteiger partial charge is 0.492 e. The van der Waals surface area contributed by atoms with Crippen molar-refractivity contribution in [1.29, 1.82) is 0 Å². The Balaban J connectivity index is 1.36. The summed E-state index contributed by atoms with van der Waals surface area (Å²) in [6.45, 7) is 11.7. The Labute approximate surface area is 263 Å². The zero-order valence-corrected chi connectivity index (χ0v) is 26.6. The van der Waals surface area contributed by atoms with Crippen LogP contribution in [0, 0.1) is 12.3 Å². The number of carbonyl (C=O) groups excluding carboxylic acids is 2. The molecule has 2 aliphatic heterocycles. The topological polar surface area (TPSA) is 199 Å². The van der Waals surface area contributed by atoms with Gasteiger partial charge in [-0.3, -0.25) is 14.7 Å². The number of benzene rings is 1. The summed E-state index contributed by atoms with van der Waals surface area (Å²) >= 11 is 0. The molecular weight excluding hydrogens is 586 g/mol. The molecule has 4 rings (SSSR count). The number of hydrogen-bond donors (Lipinski definition) is 7. The average Bonchev–Trinajstić information content (AvgIpc) is 3.42. The van der Waals surface area contributed by atoms with Crippen LogP contribution in [-0.2, 0) is 20.7 Å². The van der Waals surface area contributed by atoms with Gasteiger partial charge in [0.25, 0.3) is 0 Å². The van der Waals surface area contributed by atoms with Gasteiger partial charge in [-0.2, -0.15) is 0 Å². The number of rotatable bonds is 12. The predicted molar refractivity (Wildman–Crippen MR) is 163 cm³/mol. The van der Waals surface area contributed by atoms with Crippen LogP contribution in [0.3, 0.4) is 0 Å². The summed E-state index contributed by atoms with van der Waals surface area (Å²) in [7, 11) is 0. The summed E-state index contributed by atoms with van der Waals surface area (Å²) in [6.07, 6.45) is -6.65. The Morgan fingerprint density at radius 2 is 1.87 bits per heavy atom.